The average molecular weight is 364 g/mol. The van der Waals surface area contributed by atoms with Crippen LogP contribution in [-0.4, -0.2) is 31.9 Å². The molecule has 0 saturated carbocycles. The summed E-state index contributed by atoms with van der Waals surface area (Å²) in [6.07, 6.45) is 1.45. The van der Waals surface area contributed by atoms with E-state index in [2.05, 4.69) is 0 Å². The van der Waals surface area contributed by atoms with E-state index in [1.165, 1.54) is 4.31 Å². The molecule has 1 aromatic carbocycles. The zero-order valence-electron chi connectivity index (χ0n) is 10.4. The Hall–Kier alpha value is -0.110. The molecule has 20 heavy (non-hydrogen) atoms. The second-order valence-corrected chi connectivity index (χ2v) is 7.15. The van der Waals surface area contributed by atoms with Gasteiger partial charge in [0, 0.05) is 19.1 Å². The van der Waals surface area contributed by atoms with Gasteiger partial charge in [-0.2, -0.15) is 4.31 Å². The molecule has 0 spiro atoms. The fourth-order valence-electron chi connectivity index (χ4n) is 2.10. The third kappa shape index (κ3) is 3.55. The first kappa shape index (κ1) is 17.9. The lowest BCUT2D eigenvalue weighted by Gasteiger charge is -2.30. The lowest BCUT2D eigenvalue weighted by atomic mass is 10.1. The van der Waals surface area contributed by atoms with Crippen molar-refractivity contribution in [3.63, 3.8) is 0 Å². The Labute approximate surface area is 133 Å². The standard InChI is InChI=1S/C11H13Cl2FN2O2S.ClH/c12-9-4-7(14)5-10(13)11(9)19(17,18)16-3-1-2-8(15)6-16;/h4-5,8H,1-3,6,15H2;1H/t8-;/m1./s1. The molecule has 0 aromatic heterocycles. The van der Waals surface area contributed by atoms with Gasteiger partial charge in [0.1, 0.15) is 10.7 Å². The molecule has 9 heteroatoms. The van der Waals surface area contributed by atoms with Gasteiger partial charge in [0.15, 0.2) is 0 Å². The normalized spacial score (nSPS) is 20.5. The molecule has 0 radical (unpaired) electrons. The second kappa shape index (κ2) is 6.77. The van der Waals surface area contributed by atoms with Gasteiger partial charge in [-0.25, -0.2) is 12.8 Å². The molecule has 1 fully saturated rings. The number of nitrogens with zero attached hydrogens (tertiary/aromatic N) is 1. The van der Waals surface area contributed by atoms with E-state index in [0.717, 1.165) is 18.6 Å². The van der Waals surface area contributed by atoms with Gasteiger partial charge in [-0.3, -0.25) is 0 Å². The summed E-state index contributed by atoms with van der Waals surface area (Å²) < 4.78 is 39.3. The predicted molar refractivity (Wildman–Crippen MR) is 79.6 cm³/mol. The lowest BCUT2D eigenvalue weighted by molar-refractivity contribution is 0.316. The van der Waals surface area contributed by atoms with Crippen LogP contribution in [0.5, 0.6) is 0 Å². The van der Waals surface area contributed by atoms with Crippen LogP contribution in [0, 0.1) is 5.82 Å². The molecule has 1 aliphatic rings. The first-order chi connectivity index (χ1) is 8.82. The summed E-state index contributed by atoms with van der Waals surface area (Å²) >= 11 is 11.6. The highest BCUT2D eigenvalue weighted by molar-refractivity contribution is 7.89. The maximum absolute atomic E-state index is 13.1. The Balaban J connectivity index is 0.00000200. The zero-order chi connectivity index (χ0) is 14.2. The molecule has 0 amide bonds. The van der Waals surface area contributed by atoms with E-state index in [0.29, 0.717) is 13.0 Å². The van der Waals surface area contributed by atoms with Gasteiger partial charge in [-0.1, -0.05) is 23.2 Å². The van der Waals surface area contributed by atoms with Crippen molar-refractivity contribution < 1.29 is 12.8 Å². The van der Waals surface area contributed by atoms with E-state index in [4.69, 9.17) is 28.9 Å². The van der Waals surface area contributed by atoms with Crippen molar-refractivity contribution >= 4 is 45.6 Å². The van der Waals surface area contributed by atoms with Crippen molar-refractivity contribution in [3.05, 3.63) is 28.0 Å². The van der Waals surface area contributed by atoms with Gasteiger partial charge < -0.3 is 5.73 Å². The molecule has 1 saturated heterocycles. The van der Waals surface area contributed by atoms with Crippen molar-refractivity contribution in [2.45, 2.75) is 23.8 Å². The summed E-state index contributed by atoms with van der Waals surface area (Å²) in [5.41, 5.74) is 5.77. The number of sulfonamides is 1. The molecule has 0 aliphatic carbocycles. The number of benzene rings is 1. The smallest absolute Gasteiger partial charge is 0.246 e. The average Bonchev–Trinajstić information content (AvgIpc) is 2.26. The Bertz CT molecular complexity index is 574. The Morgan fingerprint density at radius 3 is 2.35 bits per heavy atom. The molecule has 0 bridgehead atoms. The van der Waals surface area contributed by atoms with Gasteiger partial charge in [-0.05, 0) is 25.0 Å². The Morgan fingerprint density at radius 1 is 1.30 bits per heavy atom. The van der Waals surface area contributed by atoms with Crippen LogP contribution in [0.15, 0.2) is 17.0 Å². The molecule has 1 atom stereocenters. The third-order valence-corrected chi connectivity index (χ3v) is 5.77. The summed E-state index contributed by atoms with van der Waals surface area (Å²) in [4.78, 5) is -0.258. The number of hydrogen-bond acceptors (Lipinski definition) is 3. The van der Waals surface area contributed by atoms with E-state index in [9.17, 15) is 12.8 Å². The van der Waals surface area contributed by atoms with Crippen molar-refractivity contribution in [2.24, 2.45) is 5.73 Å². The molecule has 114 valence electrons. The lowest BCUT2D eigenvalue weighted by Crippen LogP contribution is -2.45. The van der Waals surface area contributed by atoms with Gasteiger partial charge in [-0.15, -0.1) is 12.4 Å². The largest absolute Gasteiger partial charge is 0.327 e. The van der Waals surface area contributed by atoms with Gasteiger partial charge in [0.25, 0.3) is 0 Å². The Morgan fingerprint density at radius 2 is 1.85 bits per heavy atom. The fraction of sp³-hybridized carbons (Fsp3) is 0.455. The molecule has 1 heterocycles. The van der Waals surface area contributed by atoms with Crippen LogP contribution < -0.4 is 5.73 Å². The molecule has 1 aliphatic heterocycles. The van der Waals surface area contributed by atoms with Crippen LogP contribution in [0.4, 0.5) is 4.39 Å². The molecule has 4 nitrogen and oxygen atoms in total. The number of rotatable bonds is 2. The van der Waals surface area contributed by atoms with Crippen LogP contribution in [0.3, 0.4) is 0 Å². The molecule has 2 rings (SSSR count). The highest BCUT2D eigenvalue weighted by Gasteiger charge is 2.32. The van der Waals surface area contributed by atoms with E-state index in [1.54, 1.807) is 0 Å². The minimum absolute atomic E-state index is 0. The maximum atomic E-state index is 13.1. The summed E-state index contributed by atoms with van der Waals surface area (Å²) in [5.74, 6) is -0.677. The molecule has 1 aromatic rings. The summed E-state index contributed by atoms with van der Waals surface area (Å²) in [7, 11) is -3.85. The van der Waals surface area contributed by atoms with Crippen molar-refractivity contribution in [1.82, 2.24) is 4.31 Å². The SMILES string of the molecule is Cl.N[C@@H]1CCCN(S(=O)(=O)c2c(Cl)cc(F)cc2Cl)C1. The summed E-state index contributed by atoms with van der Waals surface area (Å²) in [5, 5.41) is -0.437. The summed E-state index contributed by atoms with van der Waals surface area (Å²) in [6, 6.07) is 1.66. The van der Waals surface area contributed by atoms with Crippen molar-refractivity contribution in [1.29, 1.82) is 0 Å². The van der Waals surface area contributed by atoms with E-state index < -0.39 is 15.8 Å². The minimum Gasteiger partial charge on any atom is -0.327 e. The van der Waals surface area contributed by atoms with Crippen LogP contribution in [0.2, 0.25) is 10.0 Å². The first-order valence-electron chi connectivity index (χ1n) is 5.72. The minimum atomic E-state index is -3.85. The Kier molecular flexibility index (Phi) is 6.07. The van der Waals surface area contributed by atoms with Crippen LogP contribution >= 0.6 is 35.6 Å². The van der Waals surface area contributed by atoms with Gasteiger partial charge in [0.2, 0.25) is 10.0 Å². The van der Waals surface area contributed by atoms with Crippen LogP contribution in [0.25, 0.3) is 0 Å². The molecule has 2 N–H and O–H groups in total. The van der Waals surface area contributed by atoms with Crippen molar-refractivity contribution in [3.8, 4) is 0 Å². The molecular weight excluding hydrogens is 350 g/mol. The molecule has 0 unspecified atom stereocenters. The number of piperidine rings is 1. The van der Waals surface area contributed by atoms with E-state index in [-0.39, 0.29) is 39.9 Å². The first-order valence-corrected chi connectivity index (χ1v) is 7.92. The predicted octanol–water partition coefficient (Wildman–Crippen LogP) is 2.67. The van der Waals surface area contributed by atoms with Crippen LogP contribution in [0.1, 0.15) is 12.8 Å². The number of halogens is 4. The van der Waals surface area contributed by atoms with Crippen molar-refractivity contribution in [2.75, 3.05) is 13.1 Å². The van der Waals surface area contributed by atoms with E-state index in [1.807, 2.05) is 0 Å². The number of hydrogen-bond donors (Lipinski definition) is 1. The summed E-state index contributed by atoms with van der Waals surface area (Å²) in [6.45, 7) is 0.576. The fourth-order valence-corrected chi connectivity index (χ4v) is 4.77. The van der Waals surface area contributed by atoms with Gasteiger partial charge >= 0.3 is 0 Å². The number of nitrogens with two attached hydrogens (primary N) is 1. The third-order valence-electron chi connectivity index (χ3n) is 2.98. The highest BCUT2D eigenvalue weighted by atomic mass is 35.5. The topological polar surface area (TPSA) is 63.4 Å². The molecular formula is C11H14Cl3FN2O2S. The van der Waals surface area contributed by atoms with Gasteiger partial charge in [0.05, 0.1) is 10.0 Å². The second-order valence-electron chi connectivity index (χ2n) is 4.46. The van der Waals surface area contributed by atoms with E-state index >= 15 is 0 Å². The zero-order valence-corrected chi connectivity index (χ0v) is 13.5. The monoisotopic (exact) mass is 362 g/mol. The maximum Gasteiger partial charge on any atom is 0.246 e. The van der Waals surface area contributed by atoms with Crippen LogP contribution in [-0.2, 0) is 10.0 Å². The highest BCUT2D eigenvalue weighted by Crippen LogP contribution is 2.33. The quantitative estimate of drug-likeness (QED) is 0.878.